The minimum absolute atomic E-state index is 0.322. The van der Waals surface area contributed by atoms with Crippen LogP contribution in [0.2, 0.25) is 0 Å². The lowest BCUT2D eigenvalue weighted by Crippen LogP contribution is -2.37. The molecule has 174 valence electrons. The van der Waals surface area contributed by atoms with E-state index in [9.17, 15) is 9.59 Å². The summed E-state index contributed by atoms with van der Waals surface area (Å²) < 4.78 is 11.8. The number of hydrogen-bond acceptors (Lipinski definition) is 6. The van der Waals surface area contributed by atoms with Gasteiger partial charge in [-0.3, -0.25) is 14.4 Å². The zero-order valence-electron chi connectivity index (χ0n) is 18.7. The summed E-state index contributed by atoms with van der Waals surface area (Å²) in [5, 5.41) is 1.67. The van der Waals surface area contributed by atoms with Crippen LogP contribution in [0.1, 0.15) is 18.5 Å². The smallest absolute Gasteiger partial charge is 0.266 e. The van der Waals surface area contributed by atoms with Crippen LogP contribution in [0.15, 0.2) is 77.3 Å². The molecule has 2 saturated heterocycles. The Morgan fingerprint density at radius 3 is 2.38 bits per heavy atom. The molecule has 3 unspecified atom stereocenters. The van der Waals surface area contributed by atoms with Gasteiger partial charge in [0.1, 0.15) is 17.4 Å². The van der Waals surface area contributed by atoms with E-state index in [-0.39, 0.29) is 5.91 Å². The number of nitrogens with zero attached hydrogens (tertiary/aromatic N) is 2. The standard InChI is InChI=1S/C26H23BrN2O5/c1-3-33-21-12-8-7-11-19(21)28-25(30)22-23(16-13-14-20(32-2)18(27)15-16)29(34-24(22)26(28)31)17-9-5-4-6-10-17/h4-15,22-24H,3H2,1-2H3. The molecule has 2 heterocycles. The monoisotopic (exact) mass is 522 g/mol. The number of para-hydroxylation sites is 3. The zero-order chi connectivity index (χ0) is 23.8. The number of amides is 2. The fraction of sp³-hybridized carbons (Fsp3) is 0.231. The van der Waals surface area contributed by atoms with Gasteiger partial charge >= 0.3 is 0 Å². The Morgan fingerprint density at radius 1 is 0.941 bits per heavy atom. The summed E-state index contributed by atoms with van der Waals surface area (Å²) >= 11 is 3.54. The number of halogens is 1. The SMILES string of the molecule is CCOc1ccccc1N1C(=O)C2ON(c3ccccc3)C(c3ccc(OC)c(Br)c3)C2C1=O. The summed E-state index contributed by atoms with van der Waals surface area (Å²) in [6.07, 6.45) is -0.951. The van der Waals surface area contributed by atoms with Crippen LogP contribution in [0, 0.1) is 5.92 Å². The molecule has 0 aliphatic carbocycles. The Labute approximate surface area is 205 Å². The normalized spacial score (nSPS) is 21.7. The highest BCUT2D eigenvalue weighted by Gasteiger charge is 2.60. The minimum atomic E-state index is -0.951. The molecule has 3 atom stereocenters. The lowest BCUT2D eigenvalue weighted by Gasteiger charge is -2.29. The molecular weight excluding hydrogens is 500 g/mol. The van der Waals surface area contributed by atoms with Crippen LogP contribution < -0.4 is 19.4 Å². The molecule has 0 N–H and O–H groups in total. The van der Waals surface area contributed by atoms with Gasteiger partial charge in [0.05, 0.1) is 35.6 Å². The molecule has 2 aliphatic heterocycles. The van der Waals surface area contributed by atoms with E-state index in [1.165, 1.54) is 4.90 Å². The molecule has 3 aromatic carbocycles. The molecule has 7 nitrogen and oxygen atoms in total. The highest BCUT2D eigenvalue weighted by molar-refractivity contribution is 9.10. The summed E-state index contributed by atoms with van der Waals surface area (Å²) in [4.78, 5) is 34.8. The van der Waals surface area contributed by atoms with Gasteiger partial charge < -0.3 is 9.47 Å². The van der Waals surface area contributed by atoms with E-state index in [0.717, 1.165) is 15.7 Å². The Bertz CT molecular complexity index is 1230. The van der Waals surface area contributed by atoms with Crippen LogP contribution in [0.3, 0.4) is 0 Å². The first-order chi connectivity index (χ1) is 16.5. The fourth-order valence-corrected chi connectivity index (χ4v) is 5.13. The van der Waals surface area contributed by atoms with Crippen molar-refractivity contribution in [1.82, 2.24) is 0 Å². The van der Waals surface area contributed by atoms with Crippen LogP contribution in [0.5, 0.6) is 11.5 Å². The molecule has 0 radical (unpaired) electrons. The highest BCUT2D eigenvalue weighted by atomic mass is 79.9. The number of carbonyl (C=O) groups excluding carboxylic acids is 2. The van der Waals surface area contributed by atoms with Crippen LogP contribution >= 0.6 is 15.9 Å². The maximum absolute atomic E-state index is 13.8. The van der Waals surface area contributed by atoms with Crippen LogP contribution in [-0.2, 0) is 14.4 Å². The second-order valence-electron chi connectivity index (χ2n) is 7.96. The van der Waals surface area contributed by atoms with Crippen molar-refractivity contribution in [2.75, 3.05) is 23.7 Å². The van der Waals surface area contributed by atoms with Gasteiger partial charge in [0, 0.05) is 0 Å². The van der Waals surface area contributed by atoms with Crippen molar-refractivity contribution in [3.05, 3.63) is 82.8 Å². The number of benzene rings is 3. The molecule has 0 bridgehead atoms. The number of fused-ring (bicyclic) bond motifs is 1. The Morgan fingerprint density at radius 2 is 1.68 bits per heavy atom. The van der Waals surface area contributed by atoms with E-state index >= 15 is 0 Å². The number of rotatable bonds is 6. The van der Waals surface area contributed by atoms with E-state index in [1.807, 2.05) is 61.5 Å². The second kappa shape index (κ2) is 9.12. The predicted octanol–water partition coefficient (Wildman–Crippen LogP) is 4.91. The van der Waals surface area contributed by atoms with E-state index in [0.29, 0.717) is 23.8 Å². The van der Waals surface area contributed by atoms with Gasteiger partial charge in [-0.05, 0) is 64.8 Å². The van der Waals surface area contributed by atoms with Crippen molar-refractivity contribution in [2.24, 2.45) is 5.92 Å². The molecule has 8 heteroatoms. The quantitative estimate of drug-likeness (QED) is 0.428. The maximum Gasteiger partial charge on any atom is 0.266 e. The molecule has 2 fully saturated rings. The van der Waals surface area contributed by atoms with Gasteiger partial charge in [-0.15, -0.1) is 0 Å². The average molecular weight is 523 g/mol. The first kappa shape index (κ1) is 22.4. The van der Waals surface area contributed by atoms with Crippen molar-refractivity contribution in [1.29, 1.82) is 0 Å². The summed E-state index contributed by atoms with van der Waals surface area (Å²) in [6.45, 7) is 2.28. The Hall–Kier alpha value is -3.36. The van der Waals surface area contributed by atoms with Crippen LogP contribution in [0.4, 0.5) is 11.4 Å². The zero-order valence-corrected chi connectivity index (χ0v) is 20.3. The van der Waals surface area contributed by atoms with Crippen molar-refractivity contribution < 1.29 is 23.9 Å². The number of hydroxylamine groups is 1. The molecular formula is C26H23BrN2O5. The highest BCUT2D eigenvalue weighted by Crippen LogP contribution is 2.49. The van der Waals surface area contributed by atoms with E-state index in [2.05, 4.69) is 15.9 Å². The first-order valence-electron chi connectivity index (χ1n) is 11.0. The molecule has 2 aliphatic rings. The van der Waals surface area contributed by atoms with Crippen molar-refractivity contribution >= 4 is 39.1 Å². The van der Waals surface area contributed by atoms with Gasteiger partial charge in [-0.25, -0.2) is 9.96 Å². The molecule has 34 heavy (non-hydrogen) atoms. The molecule has 2 amide bonds. The summed E-state index contributed by atoms with van der Waals surface area (Å²) in [5.74, 6) is -0.305. The number of ether oxygens (including phenoxy) is 2. The lowest BCUT2D eigenvalue weighted by molar-refractivity contribution is -0.126. The molecule has 0 saturated carbocycles. The van der Waals surface area contributed by atoms with Crippen LogP contribution in [0.25, 0.3) is 0 Å². The average Bonchev–Trinajstić information content (AvgIpc) is 3.36. The number of carbonyl (C=O) groups is 2. The Kier molecular flexibility index (Phi) is 6.02. The third-order valence-electron chi connectivity index (χ3n) is 6.05. The van der Waals surface area contributed by atoms with Gasteiger partial charge in [-0.1, -0.05) is 36.4 Å². The number of anilines is 2. The van der Waals surface area contributed by atoms with Crippen LogP contribution in [-0.4, -0.2) is 31.6 Å². The number of hydrogen-bond donors (Lipinski definition) is 0. The first-order valence-corrected chi connectivity index (χ1v) is 11.8. The number of imide groups is 1. The minimum Gasteiger partial charge on any atom is -0.496 e. The largest absolute Gasteiger partial charge is 0.496 e. The number of methoxy groups -OCH3 is 1. The topological polar surface area (TPSA) is 68.3 Å². The van der Waals surface area contributed by atoms with Crippen molar-refractivity contribution in [3.63, 3.8) is 0 Å². The third-order valence-corrected chi connectivity index (χ3v) is 6.67. The van der Waals surface area contributed by atoms with Gasteiger partial charge in [-0.2, -0.15) is 0 Å². The summed E-state index contributed by atoms with van der Waals surface area (Å²) in [7, 11) is 1.59. The molecule has 0 aromatic heterocycles. The van der Waals surface area contributed by atoms with Crippen molar-refractivity contribution in [3.8, 4) is 11.5 Å². The second-order valence-corrected chi connectivity index (χ2v) is 8.82. The van der Waals surface area contributed by atoms with Gasteiger partial charge in [0.15, 0.2) is 6.10 Å². The maximum atomic E-state index is 13.8. The fourth-order valence-electron chi connectivity index (χ4n) is 4.58. The lowest BCUT2D eigenvalue weighted by atomic mass is 9.90. The van der Waals surface area contributed by atoms with Gasteiger partial charge in [0.25, 0.3) is 5.91 Å². The third kappa shape index (κ3) is 3.63. The van der Waals surface area contributed by atoms with E-state index in [4.69, 9.17) is 14.3 Å². The van der Waals surface area contributed by atoms with E-state index in [1.54, 1.807) is 30.4 Å². The van der Waals surface area contributed by atoms with Crippen molar-refractivity contribution in [2.45, 2.75) is 19.1 Å². The molecule has 0 spiro atoms. The van der Waals surface area contributed by atoms with E-state index < -0.39 is 24.0 Å². The summed E-state index contributed by atoms with van der Waals surface area (Å²) in [6, 6.07) is 21.6. The van der Waals surface area contributed by atoms with Gasteiger partial charge in [0.2, 0.25) is 5.91 Å². The summed E-state index contributed by atoms with van der Waals surface area (Å²) in [5.41, 5.74) is 2.01. The molecule has 3 aromatic rings. The Balaban J connectivity index is 1.59. The predicted molar refractivity (Wildman–Crippen MR) is 131 cm³/mol. The molecule has 5 rings (SSSR count).